The zero-order valence-corrected chi connectivity index (χ0v) is 15.4. The molecule has 1 aromatic rings. The Labute approximate surface area is 148 Å². The van der Waals surface area contributed by atoms with Crippen molar-refractivity contribution in [2.75, 3.05) is 33.3 Å². The molecule has 0 aromatic heterocycles. The van der Waals surface area contributed by atoms with Crippen molar-refractivity contribution in [1.29, 1.82) is 0 Å². The number of piperazine rings is 1. The van der Waals surface area contributed by atoms with Crippen molar-refractivity contribution in [2.45, 2.75) is 25.5 Å². The average Bonchev–Trinajstić information content (AvgIpc) is 2.61. The number of aryl methyl sites for hydroxylation is 1. The number of carbonyl (C=O) groups excluding carboxylic acids is 2. The van der Waals surface area contributed by atoms with E-state index < -0.39 is 16.0 Å². The van der Waals surface area contributed by atoms with Crippen molar-refractivity contribution in [3.05, 3.63) is 35.4 Å². The number of ether oxygens (including phenoxy) is 1. The second-order valence-electron chi connectivity index (χ2n) is 6.10. The summed E-state index contributed by atoms with van der Waals surface area (Å²) in [5, 5.41) is 0. The van der Waals surface area contributed by atoms with Crippen LogP contribution in [0, 0.1) is 6.92 Å². The summed E-state index contributed by atoms with van der Waals surface area (Å²) in [6.07, 6.45) is 0.129. The maximum absolute atomic E-state index is 12.5. The Bertz CT molecular complexity index is 707. The summed E-state index contributed by atoms with van der Waals surface area (Å²) in [4.78, 5) is 24.7. The van der Waals surface area contributed by atoms with E-state index in [1.54, 1.807) is 4.90 Å². The molecule has 0 atom stereocenters. The van der Waals surface area contributed by atoms with Crippen LogP contribution in [0.4, 0.5) is 0 Å². The highest BCUT2D eigenvalue weighted by molar-refractivity contribution is 7.88. The van der Waals surface area contributed by atoms with E-state index in [9.17, 15) is 18.0 Å². The van der Waals surface area contributed by atoms with Gasteiger partial charge >= 0.3 is 5.97 Å². The number of amides is 1. The molecule has 8 heteroatoms. The van der Waals surface area contributed by atoms with E-state index in [1.807, 2.05) is 31.2 Å². The first kappa shape index (κ1) is 19.4. The monoisotopic (exact) mass is 368 g/mol. The highest BCUT2D eigenvalue weighted by Gasteiger charge is 2.29. The summed E-state index contributed by atoms with van der Waals surface area (Å²) in [5.74, 6) is -0.613. The summed E-state index contributed by atoms with van der Waals surface area (Å²) < 4.78 is 31.0. The minimum atomic E-state index is -3.41. The van der Waals surface area contributed by atoms with E-state index in [1.165, 1.54) is 11.4 Å². The quantitative estimate of drug-likeness (QED) is 0.697. The van der Waals surface area contributed by atoms with Crippen molar-refractivity contribution in [2.24, 2.45) is 0 Å². The highest BCUT2D eigenvalue weighted by Crippen LogP contribution is 2.15. The van der Waals surface area contributed by atoms with Crippen LogP contribution in [-0.4, -0.2) is 62.8 Å². The van der Waals surface area contributed by atoms with Gasteiger partial charge in [-0.3, -0.25) is 9.59 Å². The fourth-order valence-corrected chi connectivity index (χ4v) is 4.19. The van der Waals surface area contributed by atoms with Gasteiger partial charge in [-0.1, -0.05) is 29.8 Å². The number of methoxy groups -OCH3 is 1. The van der Waals surface area contributed by atoms with Gasteiger partial charge in [-0.2, -0.15) is 4.31 Å². The highest BCUT2D eigenvalue weighted by atomic mass is 32.2. The van der Waals surface area contributed by atoms with Crippen LogP contribution in [0.1, 0.15) is 24.0 Å². The molecular formula is C17H24N2O5S. The maximum Gasteiger partial charge on any atom is 0.306 e. The minimum Gasteiger partial charge on any atom is -0.469 e. The van der Waals surface area contributed by atoms with E-state index in [-0.39, 0.29) is 37.6 Å². The molecule has 1 aliphatic heterocycles. The third-order valence-corrected chi connectivity index (χ3v) is 6.08. The molecule has 138 valence electrons. The number of nitrogens with zero attached hydrogens (tertiary/aromatic N) is 2. The molecule has 1 saturated heterocycles. The zero-order chi connectivity index (χ0) is 18.4. The number of rotatable bonds is 6. The molecule has 1 heterocycles. The Balaban J connectivity index is 1.87. The molecule has 0 unspecified atom stereocenters. The first-order valence-electron chi connectivity index (χ1n) is 8.20. The van der Waals surface area contributed by atoms with Crippen molar-refractivity contribution >= 4 is 21.9 Å². The largest absolute Gasteiger partial charge is 0.469 e. The normalized spacial score (nSPS) is 15.8. The van der Waals surface area contributed by atoms with Crippen molar-refractivity contribution in [1.82, 2.24) is 9.21 Å². The molecule has 0 saturated carbocycles. The van der Waals surface area contributed by atoms with Crippen LogP contribution in [0.15, 0.2) is 24.3 Å². The molecule has 0 radical (unpaired) electrons. The number of sulfonamides is 1. The Morgan fingerprint density at radius 1 is 1.04 bits per heavy atom. The summed E-state index contributed by atoms with van der Waals surface area (Å²) >= 11 is 0. The minimum absolute atomic E-state index is 0.0381. The zero-order valence-electron chi connectivity index (χ0n) is 14.6. The van der Waals surface area contributed by atoms with Crippen LogP contribution >= 0.6 is 0 Å². The van der Waals surface area contributed by atoms with Crippen molar-refractivity contribution in [3.8, 4) is 0 Å². The second-order valence-corrected chi connectivity index (χ2v) is 8.07. The van der Waals surface area contributed by atoms with Crippen LogP contribution in [0.25, 0.3) is 0 Å². The molecule has 1 aliphatic rings. The predicted octanol–water partition coefficient (Wildman–Crippen LogP) is 0.922. The third kappa shape index (κ3) is 5.54. The molecular weight excluding hydrogens is 344 g/mol. The van der Waals surface area contributed by atoms with Crippen molar-refractivity contribution in [3.63, 3.8) is 0 Å². The smallest absolute Gasteiger partial charge is 0.306 e. The molecule has 2 rings (SSSR count). The molecule has 1 fully saturated rings. The van der Waals surface area contributed by atoms with Gasteiger partial charge < -0.3 is 9.64 Å². The first-order valence-corrected chi connectivity index (χ1v) is 9.80. The molecule has 7 nitrogen and oxygen atoms in total. The maximum atomic E-state index is 12.5. The fraction of sp³-hybridized carbons (Fsp3) is 0.529. The van der Waals surface area contributed by atoms with Gasteiger partial charge in [-0.25, -0.2) is 8.42 Å². The van der Waals surface area contributed by atoms with Crippen LogP contribution in [-0.2, 0) is 30.1 Å². The van der Waals surface area contributed by atoms with Gasteiger partial charge in [0.05, 0.1) is 19.3 Å². The first-order chi connectivity index (χ1) is 11.8. The summed E-state index contributed by atoms with van der Waals surface area (Å²) in [6.45, 7) is 3.19. The molecule has 0 bridgehead atoms. The lowest BCUT2D eigenvalue weighted by atomic mass is 10.2. The Morgan fingerprint density at radius 3 is 2.20 bits per heavy atom. The second kappa shape index (κ2) is 8.44. The lowest BCUT2D eigenvalue weighted by Crippen LogP contribution is -2.50. The molecule has 0 aliphatic carbocycles. The number of hydrogen-bond donors (Lipinski definition) is 0. The van der Waals surface area contributed by atoms with E-state index in [2.05, 4.69) is 4.74 Å². The van der Waals surface area contributed by atoms with Crippen molar-refractivity contribution < 1.29 is 22.7 Å². The van der Waals surface area contributed by atoms with Crippen LogP contribution < -0.4 is 0 Å². The number of hydrogen-bond acceptors (Lipinski definition) is 5. The molecule has 1 amide bonds. The molecule has 0 spiro atoms. The van der Waals surface area contributed by atoms with Gasteiger partial charge in [0.15, 0.2) is 0 Å². The molecule has 25 heavy (non-hydrogen) atoms. The number of esters is 1. The van der Waals surface area contributed by atoms with E-state index in [4.69, 9.17) is 0 Å². The lowest BCUT2D eigenvalue weighted by molar-refractivity contribution is -0.143. The van der Waals surface area contributed by atoms with Gasteiger partial charge in [-0.05, 0) is 12.5 Å². The van der Waals surface area contributed by atoms with E-state index in [0.717, 1.165) is 11.1 Å². The van der Waals surface area contributed by atoms with Gasteiger partial charge in [0, 0.05) is 32.6 Å². The van der Waals surface area contributed by atoms with Gasteiger partial charge in [0.25, 0.3) is 0 Å². The third-order valence-electron chi connectivity index (χ3n) is 4.23. The van der Waals surface area contributed by atoms with Crippen LogP contribution in [0.3, 0.4) is 0 Å². The predicted molar refractivity (Wildman–Crippen MR) is 93.2 cm³/mol. The topological polar surface area (TPSA) is 84.0 Å². The average molecular weight is 368 g/mol. The summed E-state index contributed by atoms with van der Waals surface area (Å²) in [5.41, 5.74) is 1.84. The van der Waals surface area contributed by atoms with E-state index in [0.29, 0.717) is 13.1 Å². The van der Waals surface area contributed by atoms with Gasteiger partial charge in [-0.15, -0.1) is 0 Å². The summed E-state index contributed by atoms with van der Waals surface area (Å²) in [6, 6.07) is 7.42. The Morgan fingerprint density at radius 2 is 1.64 bits per heavy atom. The molecule has 0 N–H and O–H groups in total. The number of benzene rings is 1. The Hall–Kier alpha value is -1.93. The number of carbonyl (C=O) groups is 2. The van der Waals surface area contributed by atoms with Gasteiger partial charge in [0.1, 0.15) is 0 Å². The van der Waals surface area contributed by atoms with Crippen LogP contribution in [0.5, 0.6) is 0 Å². The Kier molecular flexibility index (Phi) is 6.55. The molecule has 1 aromatic carbocycles. The standard InChI is InChI=1S/C17H24N2O5S/c1-14-3-5-15(6-4-14)13-25(22,23)19-11-9-18(10-12-19)16(20)7-8-17(21)24-2/h3-6H,7-13H2,1-2H3. The summed E-state index contributed by atoms with van der Waals surface area (Å²) in [7, 11) is -2.12. The van der Waals surface area contributed by atoms with Crippen LogP contribution in [0.2, 0.25) is 0 Å². The lowest BCUT2D eigenvalue weighted by Gasteiger charge is -2.34. The van der Waals surface area contributed by atoms with E-state index >= 15 is 0 Å². The van der Waals surface area contributed by atoms with Gasteiger partial charge in [0.2, 0.25) is 15.9 Å². The SMILES string of the molecule is COC(=O)CCC(=O)N1CCN(S(=O)(=O)Cc2ccc(C)cc2)CC1. The fourth-order valence-electron chi connectivity index (χ4n) is 2.67.